The third kappa shape index (κ3) is 5.51. The first-order valence-electron chi connectivity index (χ1n) is 10.5. The van der Waals surface area contributed by atoms with Crippen LogP contribution in [0.2, 0.25) is 0 Å². The number of hydrogen-bond acceptors (Lipinski definition) is 9. The zero-order valence-electron chi connectivity index (χ0n) is 18.8. The summed E-state index contributed by atoms with van der Waals surface area (Å²) in [6, 6.07) is 3.95. The molecule has 0 radical (unpaired) electrons. The van der Waals surface area contributed by atoms with Gasteiger partial charge in [-0.3, -0.25) is 5.32 Å². The average Bonchev–Trinajstić information content (AvgIpc) is 3.49. The first-order chi connectivity index (χ1) is 17.2. The Morgan fingerprint density at radius 2 is 2.00 bits per heavy atom. The number of pyridine rings is 2. The number of anilines is 1. The van der Waals surface area contributed by atoms with Crippen LogP contribution in [0.25, 0.3) is 33.3 Å². The van der Waals surface area contributed by atoms with Gasteiger partial charge in [-0.1, -0.05) is 0 Å². The molecule has 0 saturated carbocycles. The van der Waals surface area contributed by atoms with Gasteiger partial charge in [0.05, 0.1) is 6.61 Å². The van der Waals surface area contributed by atoms with Crippen LogP contribution in [0.1, 0.15) is 19.5 Å². The molecule has 188 valence electrons. The number of carbonyl (C=O) groups is 1. The van der Waals surface area contributed by atoms with Crippen LogP contribution in [-0.2, 0) is 6.18 Å². The molecule has 11 nitrogen and oxygen atoms in total. The fraction of sp³-hybridized carbons (Fsp3) is 0.238. The zero-order valence-corrected chi connectivity index (χ0v) is 19.6. The number of urea groups is 1. The van der Waals surface area contributed by atoms with Crippen molar-refractivity contribution in [2.75, 3.05) is 18.5 Å². The molecule has 3 N–H and O–H groups in total. The second-order valence-electron chi connectivity index (χ2n) is 7.07. The molecule has 0 aliphatic heterocycles. The monoisotopic (exact) mass is 521 g/mol. The number of aromatic nitrogens is 5. The van der Waals surface area contributed by atoms with Crippen LogP contribution in [0.5, 0.6) is 5.88 Å². The van der Waals surface area contributed by atoms with Crippen molar-refractivity contribution in [1.82, 2.24) is 30.5 Å². The first-order valence-corrected chi connectivity index (χ1v) is 11.3. The summed E-state index contributed by atoms with van der Waals surface area (Å²) in [7, 11) is 0. The minimum absolute atomic E-state index is 0.0429. The Kier molecular flexibility index (Phi) is 7.00. The number of carbonyl (C=O) groups excluding carboxylic acids is 1. The molecule has 4 rings (SSSR count). The Labute approximate surface area is 204 Å². The van der Waals surface area contributed by atoms with Gasteiger partial charge in [0.2, 0.25) is 5.88 Å². The highest BCUT2D eigenvalue weighted by Gasteiger charge is 2.34. The Bertz CT molecular complexity index is 1450. The van der Waals surface area contributed by atoms with E-state index in [1.807, 2.05) is 0 Å². The molecule has 0 aliphatic carbocycles. The molecular formula is C21H18F3N7O4S. The van der Waals surface area contributed by atoms with Crippen molar-refractivity contribution in [3.05, 3.63) is 46.0 Å². The SMILES string of the molecule is CCNC(=O)Nc1cc(-c2nc(C(F)(F)F)cs2)c(-c2cc(OCC)nc(-c3n[nH]c(=O)o3)c2)cn1. The Morgan fingerprint density at radius 3 is 2.64 bits per heavy atom. The summed E-state index contributed by atoms with van der Waals surface area (Å²) in [6.07, 6.45) is -3.26. The molecule has 0 unspecified atom stereocenters. The smallest absolute Gasteiger partial charge is 0.434 e. The second kappa shape index (κ2) is 10.2. The average molecular weight is 521 g/mol. The van der Waals surface area contributed by atoms with Crippen molar-refractivity contribution >= 4 is 23.2 Å². The maximum Gasteiger partial charge on any atom is 0.434 e. The number of aromatic amines is 1. The lowest BCUT2D eigenvalue weighted by Crippen LogP contribution is -2.28. The van der Waals surface area contributed by atoms with Crippen molar-refractivity contribution in [3.8, 4) is 39.2 Å². The number of hydrogen-bond donors (Lipinski definition) is 3. The minimum atomic E-state index is -4.63. The summed E-state index contributed by atoms with van der Waals surface area (Å²) in [5.74, 6) is -0.650. The van der Waals surface area contributed by atoms with Gasteiger partial charge in [-0.05, 0) is 31.5 Å². The maximum absolute atomic E-state index is 13.3. The fourth-order valence-corrected chi connectivity index (χ4v) is 3.97. The number of nitrogens with one attached hydrogen (secondary N) is 3. The predicted molar refractivity (Wildman–Crippen MR) is 124 cm³/mol. The number of alkyl halides is 3. The summed E-state index contributed by atoms with van der Waals surface area (Å²) in [4.78, 5) is 35.6. The number of nitrogens with zero attached hydrogens (tertiary/aromatic N) is 4. The third-order valence-corrected chi connectivity index (χ3v) is 5.45. The Hall–Kier alpha value is -4.27. The number of thiazole rings is 1. The minimum Gasteiger partial charge on any atom is -0.478 e. The normalized spacial score (nSPS) is 11.4. The van der Waals surface area contributed by atoms with Crippen molar-refractivity contribution < 1.29 is 27.1 Å². The summed E-state index contributed by atoms with van der Waals surface area (Å²) < 4.78 is 50.3. The van der Waals surface area contributed by atoms with E-state index in [2.05, 4.69) is 35.8 Å². The molecule has 0 aliphatic rings. The maximum atomic E-state index is 13.3. The Morgan fingerprint density at radius 1 is 1.19 bits per heavy atom. The van der Waals surface area contributed by atoms with Gasteiger partial charge in [0, 0.05) is 35.3 Å². The number of ether oxygens (including phenoxy) is 1. The van der Waals surface area contributed by atoms with Gasteiger partial charge in [0.25, 0.3) is 5.89 Å². The summed E-state index contributed by atoms with van der Waals surface area (Å²) in [6.45, 7) is 4.10. The second-order valence-corrected chi connectivity index (χ2v) is 7.92. The van der Waals surface area contributed by atoms with Crippen LogP contribution in [0.3, 0.4) is 0 Å². The number of halogens is 3. The van der Waals surface area contributed by atoms with Crippen LogP contribution in [0.4, 0.5) is 23.8 Å². The van der Waals surface area contributed by atoms with Crippen molar-refractivity contribution in [2.24, 2.45) is 0 Å². The molecule has 4 heterocycles. The van der Waals surface area contributed by atoms with Gasteiger partial charge in [-0.2, -0.15) is 13.2 Å². The van der Waals surface area contributed by atoms with Crippen LogP contribution in [0, 0.1) is 0 Å². The molecule has 0 atom stereocenters. The lowest BCUT2D eigenvalue weighted by molar-refractivity contribution is -0.140. The summed E-state index contributed by atoms with van der Waals surface area (Å²) in [5.41, 5.74) is 0.138. The van der Waals surface area contributed by atoms with Crippen molar-refractivity contribution in [2.45, 2.75) is 20.0 Å². The van der Waals surface area contributed by atoms with E-state index in [4.69, 9.17) is 9.15 Å². The van der Waals surface area contributed by atoms with Gasteiger partial charge in [-0.25, -0.2) is 29.6 Å². The van der Waals surface area contributed by atoms with Gasteiger partial charge in [0.15, 0.2) is 5.69 Å². The molecule has 0 spiro atoms. The summed E-state index contributed by atoms with van der Waals surface area (Å²) >= 11 is 0.783. The lowest BCUT2D eigenvalue weighted by Gasteiger charge is -2.13. The first kappa shape index (κ1) is 24.8. The van der Waals surface area contributed by atoms with E-state index in [1.165, 1.54) is 18.3 Å². The molecule has 0 fully saturated rings. The van der Waals surface area contributed by atoms with Crippen LogP contribution in [-0.4, -0.2) is 44.3 Å². The molecule has 15 heteroatoms. The van der Waals surface area contributed by atoms with Gasteiger partial charge in [0.1, 0.15) is 16.5 Å². The van der Waals surface area contributed by atoms with Crippen LogP contribution in [0.15, 0.2) is 39.0 Å². The third-order valence-electron chi connectivity index (χ3n) is 4.57. The molecule has 0 saturated heterocycles. The van der Waals surface area contributed by atoms with E-state index >= 15 is 0 Å². The molecule has 4 aromatic rings. The number of rotatable bonds is 7. The van der Waals surface area contributed by atoms with Gasteiger partial charge >= 0.3 is 18.0 Å². The molecule has 4 aromatic heterocycles. The highest BCUT2D eigenvalue weighted by atomic mass is 32.1. The van der Waals surface area contributed by atoms with Crippen molar-refractivity contribution in [3.63, 3.8) is 0 Å². The van der Waals surface area contributed by atoms with E-state index < -0.39 is 23.7 Å². The quantitative estimate of drug-likeness (QED) is 0.328. The van der Waals surface area contributed by atoms with E-state index in [0.29, 0.717) is 17.7 Å². The lowest BCUT2D eigenvalue weighted by atomic mass is 10.0. The van der Waals surface area contributed by atoms with E-state index in [0.717, 1.165) is 16.7 Å². The topological polar surface area (TPSA) is 148 Å². The van der Waals surface area contributed by atoms with Crippen LogP contribution < -0.4 is 21.1 Å². The van der Waals surface area contributed by atoms with Crippen molar-refractivity contribution in [1.29, 1.82) is 0 Å². The van der Waals surface area contributed by atoms with Gasteiger partial charge < -0.3 is 14.5 Å². The largest absolute Gasteiger partial charge is 0.478 e. The molecule has 36 heavy (non-hydrogen) atoms. The van der Waals surface area contributed by atoms with Gasteiger partial charge in [-0.15, -0.1) is 16.4 Å². The predicted octanol–water partition coefficient (Wildman–Crippen LogP) is 4.17. The highest BCUT2D eigenvalue weighted by Crippen LogP contribution is 2.39. The molecule has 0 aromatic carbocycles. The summed E-state index contributed by atoms with van der Waals surface area (Å²) in [5, 5.41) is 11.9. The number of H-pyrrole nitrogens is 1. The zero-order chi connectivity index (χ0) is 25.9. The molecule has 0 bridgehead atoms. The standard InChI is InChI=1S/C21H18F3N7O4S/c1-3-25-19(32)29-15-7-11(18-28-14(9-36-18)21(22,23)24)12(8-26-15)10-5-13(17-30-31-20(33)35-17)27-16(6-10)34-4-2/h5-9H,3-4H2,1-2H3,(H,31,33)(H2,25,26,29,32). The highest BCUT2D eigenvalue weighted by molar-refractivity contribution is 7.13. The van der Waals surface area contributed by atoms with E-state index in [-0.39, 0.29) is 40.5 Å². The number of amides is 2. The van der Waals surface area contributed by atoms with E-state index in [9.17, 15) is 22.8 Å². The van der Waals surface area contributed by atoms with E-state index in [1.54, 1.807) is 19.9 Å². The molecule has 2 amide bonds. The molecular weight excluding hydrogens is 503 g/mol. The Balaban J connectivity index is 1.88. The van der Waals surface area contributed by atoms with Crippen LogP contribution >= 0.6 is 11.3 Å². The fourth-order valence-electron chi connectivity index (χ4n) is 3.11.